The van der Waals surface area contributed by atoms with Gasteiger partial charge < -0.3 is 20.4 Å². The Hall–Kier alpha value is -3.82. The number of rotatable bonds is 6. The molecule has 0 radical (unpaired) electrons. The molecule has 0 spiro atoms. The summed E-state index contributed by atoms with van der Waals surface area (Å²) in [6, 6.07) is 5.73. The monoisotopic (exact) mass is 425 g/mol. The van der Waals surface area contributed by atoms with E-state index in [2.05, 4.69) is 15.6 Å². The molecule has 10 nitrogen and oxygen atoms in total. The number of ether oxygens (including phenoxy) is 1. The number of aromatic amines is 1. The fourth-order valence-corrected chi connectivity index (χ4v) is 3.95. The van der Waals surface area contributed by atoms with E-state index in [1.807, 2.05) is 24.4 Å². The van der Waals surface area contributed by atoms with Crippen molar-refractivity contribution in [2.24, 2.45) is 14.1 Å². The average molecular weight is 425 g/mol. The SMILES string of the molecule is COc1ccc2[nH]cc(CCNC(=O)CC3C(=O)Nc4c3c(=O)n(C)c(=O)n4C)c2c1. The highest BCUT2D eigenvalue weighted by Crippen LogP contribution is 2.30. The molecule has 3 heterocycles. The van der Waals surface area contributed by atoms with E-state index in [1.165, 1.54) is 18.7 Å². The molecule has 1 unspecified atom stereocenters. The van der Waals surface area contributed by atoms with Gasteiger partial charge in [-0.15, -0.1) is 0 Å². The molecule has 3 aromatic rings. The normalized spacial score (nSPS) is 15.1. The number of nitrogens with one attached hydrogen (secondary N) is 3. The summed E-state index contributed by atoms with van der Waals surface area (Å²) in [6.07, 6.45) is 2.30. The van der Waals surface area contributed by atoms with Gasteiger partial charge in [0.2, 0.25) is 11.8 Å². The van der Waals surface area contributed by atoms with Crippen LogP contribution in [0.15, 0.2) is 34.0 Å². The first-order valence-corrected chi connectivity index (χ1v) is 9.83. The second kappa shape index (κ2) is 7.78. The van der Waals surface area contributed by atoms with Crippen molar-refractivity contribution in [3.05, 3.63) is 56.4 Å². The van der Waals surface area contributed by atoms with Crippen LogP contribution in [0.25, 0.3) is 10.9 Å². The standard InChI is InChI=1S/C21H23N5O5/c1-25-18-17(20(29)26(2)21(25)30)14(19(28)24-18)9-16(27)22-7-6-11-10-23-15-5-4-12(31-3)8-13(11)15/h4-5,8,10,14,23H,6-7,9H2,1-3H3,(H,22,27)(H,24,28). The number of nitrogens with zero attached hydrogens (tertiary/aromatic N) is 2. The highest BCUT2D eigenvalue weighted by atomic mass is 16.5. The predicted molar refractivity (Wildman–Crippen MR) is 114 cm³/mol. The summed E-state index contributed by atoms with van der Waals surface area (Å²) in [7, 11) is 4.43. The summed E-state index contributed by atoms with van der Waals surface area (Å²) in [5, 5.41) is 6.38. The first-order chi connectivity index (χ1) is 14.8. The van der Waals surface area contributed by atoms with Crippen LogP contribution < -0.4 is 26.6 Å². The van der Waals surface area contributed by atoms with Gasteiger partial charge in [0.1, 0.15) is 11.6 Å². The zero-order valence-electron chi connectivity index (χ0n) is 17.4. The number of methoxy groups -OCH3 is 1. The van der Waals surface area contributed by atoms with E-state index < -0.39 is 23.1 Å². The van der Waals surface area contributed by atoms with Crippen LogP contribution in [0.4, 0.5) is 5.82 Å². The Morgan fingerprint density at radius 2 is 1.97 bits per heavy atom. The van der Waals surface area contributed by atoms with Crippen molar-refractivity contribution >= 4 is 28.5 Å². The Labute approximate surface area is 176 Å². The van der Waals surface area contributed by atoms with Gasteiger partial charge in [0.15, 0.2) is 0 Å². The Morgan fingerprint density at radius 3 is 2.71 bits per heavy atom. The lowest BCUT2D eigenvalue weighted by atomic mass is 9.99. The maximum Gasteiger partial charge on any atom is 0.332 e. The summed E-state index contributed by atoms with van der Waals surface area (Å²) < 4.78 is 7.41. The minimum Gasteiger partial charge on any atom is -0.497 e. The molecule has 0 bridgehead atoms. The fourth-order valence-electron chi connectivity index (χ4n) is 3.95. The van der Waals surface area contributed by atoms with Gasteiger partial charge in [0, 0.05) is 44.2 Å². The molecule has 2 amide bonds. The number of anilines is 1. The number of hydrogen-bond donors (Lipinski definition) is 3. The smallest absolute Gasteiger partial charge is 0.332 e. The Balaban J connectivity index is 1.45. The molecular formula is C21H23N5O5. The molecule has 4 rings (SSSR count). The van der Waals surface area contributed by atoms with Crippen LogP contribution >= 0.6 is 0 Å². The third kappa shape index (κ3) is 3.49. The quantitative estimate of drug-likeness (QED) is 0.526. The molecule has 1 aliphatic rings. The van der Waals surface area contributed by atoms with Crippen molar-refractivity contribution < 1.29 is 14.3 Å². The topological polar surface area (TPSA) is 127 Å². The van der Waals surface area contributed by atoms with Gasteiger partial charge in [-0.2, -0.15) is 0 Å². The van der Waals surface area contributed by atoms with Crippen LogP contribution in [0.2, 0.25) is 0 Å². The van der Waals surface area contributed by atoms with Crippen LogP contribution in [-0.2, 0) is 30.1 Å². The van der Waals surface area contributed by atoms with E-state index in [0.717, 1.165) is 26.8 Å². The fraction of sp³-hybridized carbons (Fsp3) is 0.333. The molecule has 162 valence electrons. The van der Waals surface area contributed by atoms with Crippen LogP contribution in [0, 0.1) is 0 Å². The minimum atomic E-state index is -0.933. The number of fused-ring (bicyclic) bond motifs is 2. The summed E-state index contributed by atoms with van der Waals surface area (Å²) >= 11 is 0. The van der Waals surface area contributed by atoms with Crippen molar-refractivity contribution in [1.82, 2.24) is 19.4 Å². The van der Waals surface area contributed by atoms with E-state index in [9.17, 15) is 19.2 Å². The van der Waals surface area contributed by atoms with Crippen molar-refractivity contribution in [2.75, 3.05) is 19.0 Å². The molecule has 0 saturated heterocycles. The number of amides is 2. The highest BCUT2D eigenvalue weighted by molar-refractivity contribution is 6.04. The number of carbonyl (C=O) groups excluding carboxylic acids is 2. The Bertz CT molecular complexity index is 1320. The zero-order valence-corrected chi connectivity index (χ0v) is 17.4. The number of aromatic nitrogens is 3. The van der Waals surface area contributed by atoms with Gasteiger partial charge in [0.25, 0.3) is 5.56 Å². The van der Waals surface area contributed by atoms with E-state index >= 15 is 0 Å². The van der Waals surface area contributed by atoms with Crippen molar-refractivity contribution in [2.45, 2.75) is 18.8 Å². The number of hydrogen-bond acceptors (Lipinski definition) is 5. The number of benzene rings is 1. The first-order valence-electron chi connectivity index (χ1n) is 9.83. The van der Waals surface area contributed by atoms with Gasteiger partial charge in [0.05, 0.1) is 18.6 Å². The highest BCUT2D eigenvalue weighted by Gasteiger charge is 2.37. The van der Waals surface area contributed by atoms with Crippen LogP contribution in [0.1, 0.15) is 23.5 Å². The molecule has 3 N–H and O–H groups in total. The maximum absolute atomic E-state index is 12.5. The molecule has 2 aromatic heterocycles. The molecule has 0 aliphatic carbocycles. The summed E-state index contributed by atoms with van der Waals surface area (Å²) in [4.78, 5) is 52.7. The van der Waals surface area contributed by atoms with Crippen molar-refractivity contribution in [3.8, 4) is 5.75 Å². The van der Waals surface area contributed by atoms with Gasteiger partial charge in [-0.3, -0.25) is 23.5 Å². The van der Waals surface area contributed by atoms with Crippen molar-refractivity contribution in [1.29, 1.82) is 0 Å². The zero-order chi connectivity index (χ0) is 22.3. The third-order valence-corrected chi connectivity index (χ3v) is 5.69. The summed E-state index contributed by atoms with van der Waals surface area (Å²) in [6.45, 7) is 0.371. The molecule has 1 aromatic carbocycles. The molecule has 10 heteroatoms. The predicted octanol–water partition coefficient (Wildman–Crippen LogP) is 0.359. The largest absolute Gasteiger partial charge is 0.497 e. The maximum atomic E-state index is 12.5. The summed E-state index contributed by atoms with van der Waals surface area (Å²) in [5.41, 5.74) is 1.05. The number of carbonyl (C=O) groups is 2. The molecule has 0 fully saturated rings. The minimum absolute atomic E-state index is 0.147. The second-order valence-electron chi connectivity index (χ2n) is 7.54. The Kier molecular flexibility index (Phi) is 5.14. The van der Waals surface area contributed by atoms with Gasteiger partial charge in [-0.25, -0.2) is 4.79 Å². The van der Waals surface area contributed by atoms with Gasteiger partial charge in [-0.05, 0) is 30.2 Å². The lowest BCUT2D eigenvalue weighted by Gasteiger charge is -2.11. The second-order valence-corrected chi connectivity index (χ2v) is 7.54. The van der Waals surface area contributed by atoms with Crippen LogP contribution in [-0.4, -0.2) is 39.6 Å². The third-order valence-electron chi connectivity index (χ3n) is 5.69. The lowest BCUT2D eigenvalue weighted by Crippen LogP contribution is -2.39. The molecule has 1 atom stereocenters. The van der Waals surface area contributed by atoms with E-state index in [4.69, 9.17) is 4.74 Å². The molecule has 1 aliphatic heterocycles. The summed E-state index contributed by atoms with van der Waals surface area (Å²) in [5.74, 6) is -0.839. The average Bonchev–Trinajstić information content (AvgIpc) is 3.31. The lowest BCUT2D eigenvalue weighted by molar-refractivity contribution is -0.125. The first kappa shape index (κ1) is 20.5. The van der Waals surface area contributed by atoms with Gasteiger partial charge in [-0.1, -0.05) is 0 Å². The molecular weight excluding hydrogens is 402 g/mol. The van der Waals surface area contributed by atoms with E-state index in [0.29, 0.717) is 13.0 Å². The van der Waals surface area contributed by atoms with Gasteiger partial charge >= 0.3 is 5.69 Å². The molecule has 0 saturated carbocycles. The van der Waals surface area contributed by atoms with E-state index in [1.54, 1.807) is 7.11 Å². The Morgan fingerprint density at radius 1 is 1.19 bits per heavy atom. The number of H-pyrrole nitrogens is 1. The van der Waals surface area contributed by atoms with Crippen molar-refractivity contribution in [3.63, 3.8) is 0 Å². The van der Waals surface area contributed by atoms with E-state index in [-0.39, 0.29) is 23.7 Å². The molecule has 31 heavy (non-hydrogen) atoms. The van der Waals surface area contributed by atoms with Crippen LogP contribution in [0.5, 0.6) is 5.75 Å². The van der Waals surface area contributed by atoms with Crippen LogP contribution in [0.3, 0.4) is 0 Å².